The fourth-order valence-electron chi connectivity index (χ4n) is 1.68. The fraction of sp³-hybridized carbons (Fsp3) is 0.231. The zero-order chi connectivity index (χ0) is 14.9. The summed E-state index contributed by atoms with van der Waals surface area (Å²) in [6, 6.07) is 4.20. The van der Waals surface area contributed by atoms with Gasteiger partial charge in [-0.1, -0.05) is 11.2 Å². The first kappa shape index (κ1) is 14.1. The molecule has 1 aromatic heterocycles. The van der Waals surface area contributed by atoms with Gasteiger partial charge in [0.25, 0.3) is 5.91 Å². The summed E-state index contributed by atoms with van der Waals surface area (Å²) in [5, 5.41) is 6.14. The van der Waals surface area contributed by atoms with Gasteiger partial charge in [0.15, 0.2) is 5.76 Å². The summed E-state index contributed by atoms with van der Waals surface area (Å²) in [5.74, 6) is -0.256. The lowest BCUT2D eigenvalue weighted by molar-refractivity contribution is -0.137. The average Bonchev–Trinajstić information content (AvgIpc) is 2.69. The lowest BCUT2D eigenvalue weighted by atomic mass is 10.1. The lowest BCUT2D eigenvalue weighted by Crippen LogP contribution is -2.14. The predicted octanol–water partition coefficient (Wildman–Crippen LogP) is 3.56. The molecule has 0 saturated heterocycles. The van der Waals surface area contributed by atoms with Crippen LogP contribution in [-0.2, 0) is 6.18 Å². The Hall–Kier alpha value is -2.31. The van der Waals surface area contributed by atoms with Crippen LogP contribution in [0.3, 0.4) is 0 Å². The molecule has 0 bridgehead atoms. The largest absolute Gasteiger partial charge is 0.416 e. The Kier molecular flexibility index (Phi) is 3.52. The molecule has 1 amide bonds. The van der Waals surface area contributed by atoms with E-state index in [4.69, 9.17) is 4.52 Å². The number of nitrogens with zero attached hydrogens (tertiary/aromatic N) is 1. The van der Waals surface area contributed by atoms with Gasteiger partial charge in [0, 0.05) is 5.56 Å². The molecular formula is C13H11F3N2O2. The van der Waals surface area contributed by atoms with E-state index in [0.29, 0.717) is 17.1 Å². The van der Waals surface area contributed by atoms with E-state index in [1.54, 1.807) is 13.8 Å². The molecule has 0 aliphatic carbocycles. The van der Waals surface area contributed by atoms with E-state index in [1.807, 2.05) is 0 Å². The van der Waals surface area contributed by atoms with Crippen molar-refractivity contribution in [1.82, 2.24) is 5.16 Å². The molecule has 106 valence electrons. The molecule has 1 heterocycles. The van der Waals surface area contributed by atoms with E-state index >= 15 is 0 Å². The van der Waals surface area contributed by atoms with E-state index in [2.05, 4.69) is 10.5 Å². The molecule has 0 saturated carbocycles. The summed E-state index contributed by atoms with van der Waals surface area (Å²) in [6.45, 7) is 3.22. The number of aryl methyl sites for hydroxylation is 2. The van der Waals surface area contributed by atoms with Crippen molar-refractivity contribution in [3.8, 4) is 0 Å². The topological polar surface area (TPSA) is 55.1 Å². The number of anilines is 1. The van der Waals surface area contributed by atoms with Gasteiger partial charge in [0.1, 0.15) is 11.4 Å². The van der Waals surface area contributed by atoms with Crippen LogP contribution >= 0.6 is 0 Å². The van der Waals surface area contributed by atoms with Crippen LogP contribution in [0.4, 0.5) is 18.9 Å². The van der Waals surface area contributed by atoms with Crippen LogP contribution in [0.2, 0.25) is 0 Å². The third-order valence-corrected chi connectivity index (χ3v) is 2.72. The summed E-state index contributed by atoms with van der Waals surface area (Å²) in [4.78, 5) is 11.9. The first-order valence-electron chi connectivity index (χ1n) is 5.70. The molecule has 0 atom stereocenters. The van der Waals surface area contributed by atoms with Gasteiger partial charge >= 0.3 is 6.18 Å². The molecule has 1 N–H and O–H groups in total. The van der Waals surface area contributed by atoms with Crippen molar-refractivity contribution in [2.45, 2.75) is 20.0 Å². The maximum absolute atomic E-state index is 12.6. The molecule has 1 aromatic carbocycles. The summed E-state index contributed by atoms with van der Waals surface area (Å²) < 4.78 is 42.6. The highest BCUT2D eigenvalue weighted by Crippen LogP contribution is 2.29. The molecule has 4 nitrogen and oxygen atoms in total. The van der Waals surface area contributed by atoms with Gasteiger partial charge in [-0.2, -0.15) is 13.2 Å². The maximum Gasteiger partial charge on any atom is 0.416 e. The van der Waals surface area contributed by atoms with Gasteiger partial charge in [-0.25, -0.2) is 0 Å². The van der Waals surface area contributed by atoms with Crippen LogP contribution in [0.1, 0.15) is 27.4 Å². The Labute approximate surface area is 112 Å². The minimum absolute atomic E-state index is 0.0835. The summed E-state index contributed by atoms with van der Waals surface area (Å²) in [5.41, 5.74) is -0.126. The minimum atomic E-state index is -4.49. The third kappa shape index (κ3) is 2.81. The highest BCUT2D eigenvalue weighted by molar-refractivity contribution is 6.04. The van der Waals surface area contributed by atoms with Crippen molar-refractivity contribution < 1.29 is 22.5 Å². The Morgan fingerprint density at radius 1 is 1.30 bits per heavy atom. The molecule has 7 heteroatoms. The second kappa shape index (κ2) is 4.99. The number of benzene rings is 1. The first-order valence-corrected chi connectivity index (χ1v) is 5.70. The number of hydrogen-bond acceptors (Lipinski definition) is 3. The zero-order valence-corrected chi connectivity index (χ0v) is 10.7. The number of amides is 1. The summed E-state index contributed by atoms with van der Waals surface area (Å²) in [7, 11) is 0. The fourth-order valence-corrected chi connectivity index (χ4v) is 1.68. The quantitative estimate of drug-likeness (QED) is 0.917. The van der Waals surface area contributed by atoms with Crippen molar-refractivity contribution in [2.24, 2.45) is 0 Å². The molecule has 0 radical (unpaired) electrons. The van der Waals surface area contributed by atoms with Crippen LogP contribution < -0.4 is 5.32 Å². The molecule has 20 heavy (non-hydrogen) atoms. The van der Waals surface area contributed by atoms with Crippen LogP contribution in [0.5, 0.6) is 0 Å². The Bertz CT molecular complexity index is 628. The smallest absolute Gasteiger partial charge is 0.359 e. The number of aromatic nitrogens is 1. The maximum atomic E-state index is 12.6. The Balaban J connectivity index is 2.26. The second-order valence-electron chi connectivity index (χ2n) is 4.23. The van der Waals surface area contributed by atoms with Crippen molar-refractivity contribution in [3.63, 3.8) is 0 Å². The molecule has 0 unspecified atom stereocenters. The van der Waals surface area contributed by atoms with E-state index < -0.39 is 17.6 Å². The van der Waals surface area contributed by atoms with Crippen LogP contribution in [0.25, 0.3) is 0 Å². The standard InChI is InChI=1S/C13H11F3N2O2/c1-7-11(8(2)20-18-7)17-12(19)9-4-3-5-10(6-9)13(14,15)16/h3-6H,1-2H3,(H,17,19). The summed E-state index contributed by atoms with van der Waals surface area (Å²) in [6.07, 6.45) is -4.49. The molecule has 0 spiro atoms. The Morgan fingerprint density at radius 3 is 2.55 bits per heavy atom. The monoisotopic (exact) mass is 284 g/mol. The van der Waals surface area contributed by atoms with Crippen LogP contribution in [0, 0.1) is 13.8 Å². The molecule has 0 aliphatic heterocycles. The zero-order valence-electron chi connectivity index (χ0n) is 10.7. The van der Waals surface area contributed by atoms with Crippen molar-refractivity contribution in [2.75, 3.05) is 5.32 Å². The number of halogens is 3. The molecule has 0 aliphatic rings. The van der Waals surface area contributed by atoms with Crippen LogP contribution in [-0.4, -0.2) is 11.1 Å². The molecule has 2 aromatic rings. The van der Waals surface area contributed by atoms with Gasteiger partial charge in [0.05, 0.1) is 5.56 Å². The third-order valence-electron chi connectivity index (χ3n) is 2.72. The van der Waals surface area contributed by atoms with Gasteiger partial charge in [0.2, 0.25) is 0 Å². The van der Waals surface area contributed by atoms with E-state index in [1.165, 1.54) is 12.1 Å². The van der Waals surface area contributed by atoms with Crippen LogP contribution in [0.15, 0.2) is 28.8 Å². The second-order valence-corrected chi connectivity index (χ2v) is 4.23. The number of alkyl halides is 3. The lowest BCUT2D eigenvalue weighted by Gasteiger charge is -2.09. The average molecular weight is 284 g/mol. The van der Waals surface area contributed by atoms with Crippen molar-refractivity contribution in [3.05, 3.63) is 46.8 Å². The molecule has 2 rings (SSSR count). The van der Waals surface area contributed by atoms with Crippen molar-refractivity contribution in [1.29, 1.82) is 0 Å². The molecule has 0 fully saturated rings. The SMILES string of the molecule is Cc1noc(C)c1NC(=O)c1cccc(C(F)(F)F)c1. The predicted molar refractivity (Wildman–Crippen MR) is 65.4 cm³/mol. The van der Waals surface area contributed by atoms with E-state index in [0.717, 1.165) is 12.1 Å². The Morgan fingerprint density at radius 2 is 2.00 bits per heavy atom. The van der Waals surface area contributed by atoms with E-state index in [-0.39, 0.29) is 5.56 Å². The first-order chi connectivity index (χ1) is 9.29. The number of nitrogens with one attached hydrogen (secondary N) is 1. The number of hydrogen-bond donors (Lipinski definition) is 1. The highest BCUT2D eigenvalue weighted by atomic mass is 19.4. The van der Waals surface area contributed by atoms with E-state index in [9.17, 15) is 18.0 Å². The van der Waals surface area contributed by atoms with Gasteiger partial charge < -0.3 is 9.84 Å². The highest BCUT2D eigenvalue weighted by Gasteiger charge is 2.31. The normalized spacial score (nSPS) is 11.4. The van der Waals surface area contributed by atoms with Gasteiger partial charge in [-0.15, -0.1) is 0 Å². The molecular weight excluding hydrogens is 273 g/mol. The van der Waals surface area contributed by atoms with Gasteiger partial charge in [-0.05, 0) is 32.0 Å². The number of rotatable bonds is 2. The minimum Gasteiger partial charge on any atom is -0.359 e. The number of carbonyl (C=O) groups is 1. The summed E-state index contributed by atoms with van der Waals surface area (Å²) >= 11 is 0. The van der Waals surface area contributed by atoms with Crippen molar-refractivity contribution >= 4 is 11.6 Å². The van der Waals surface area contributed by atoms with Gasteiger partial charge in [-0.3, -0.25) is 4.79 Å². The number of carbonyl (C=O) groups excluding carboxylic acids is 1.